The Bertz CT molecular complexity index is 133. The van der Waals surface area contributed by atoms with Crippen molar-refractivity contribution in [2.75, 3.05) is 38.7 Å². The monoisotopic (exact) mass is 216 g/mol. The molecule has 1 N–H and O–H groups in total. The molecular weight excluding hydrogens is 192 g/mol. The lowest BCUT2D eigenvalue weighted by Gasteiger charge is -2.22. The lowest BCUT2D eigenvalue weighted by molar-refractivity contribution is 0.387. The Balaban J connectivity index is 1.87. The Labute approximate surface area is 92.8 Å². The van der Waals surface area contributed by atoms with Gasteiger partial charge in [-0.3, -0.25) is 0 Å². The summed E-state index contributed by atoms with van der Waals surface area (Å²) in [5.74, 6) is 2.70. The molecule has 0 aromatic carbocycles. The van der Waals surface area contributed by atoms with Crippen LogP contribution in [0.1, 0.15) is 25.7 Å². The van der Waals surface area contributed by atoms with Gasteiger partial charge in [0.1, 0.15) is 0 Å². The zero-order valence-electron chi connectivity index (χ0n) is 9.59. The van der Waals surface area contributed by atoms with E-state index in [0.29, 0.717) is 0 Å². The van der Waals surface area contributed by atoms with E-state index in [1.54, 1.807) is 0 Å². The summed E-state index contributed by atoms with van der Waals surface area (Å²) in [7, 11) is 4.29. The molecule has 1 saturated heterocycles. The molecule has 0 aromatic rings. The number of nitrogens with zero attached hydrogens (tertiary/aromatic N) is 1. The summed E-state index contributed by atoms with van der Waals surface area (Å²) in [6, 6.07) is 0.799. The summed E-state index contributed by atoms with van der Waals surface area (Å²) in [5, 5.41) is 3.66. The van der Waals surface area contributed by atoms with Crippen molar-refractivity contribution >= 4 is 11.8 Å². The average Bonchev–Trinajstić information content (AvgIpc) is 2.18. The molecule has 1 rings (SSSR count). The average molecular weight is 216 g/mol. The highest BCUT2D eigenvalue weighted by Gasteiger charge is 2.11. The van der Waals surface area contributed by atoms with Crippen molar-refractivity contribution in [2.45, 2.75) is 31.7 Å². The molecule has 1 atom stereocenters. The standard InChI is InChI=1S/C11H24N2S/c1-13(2)8-4-3-7-12-11-6-5-9-14-10-11/h11-12H,3-10H2,1-2H3. The van der Waals surface area contributed by atoms with Crippen LogP contribution in [0.15, 0.2) is 0 Å². The van der Waals surface area contributed by atoms with Crippen molar-refractivity contribution < 1.29 is 0 Å². The molecule has 0 saturated carbocycles. The van der Waals surface area contributed by atoms with E-state index in [9.17, 15) is 0 Å². The van der Waals surface area contributed by atoms with E-state index in [1.807, 2.05) is 0 Å². The first kappa shape index (κ1) is 12.3. The molecule has 0 spiro atoms. The highest BCUT2D eigenvalue weighted by atomic mass is 32.2. The van der Waals surface area contributed by atoms with Gasteiger partial charge in [-0.15, -0.1) is 0 Å². The fourth-order valence-corrected chi connectivity index (χ4v) is 2.87. The van der Waals surface area contributed by atoms with Gasteiger partial charge in [0.15, 0.2) is 0 Å². The van der Waals surface area contributed by atoms with Crippen molar-refractivity contribution in [1.82, 2.24) is 10.2 Å². The quantitative estimate of drug-likeness (QED) is 0.682. The molecule has 1 heterocycles. The molecule has 1 unspecified atom stereocenters. The van der Waals surface area contributed by atoms with Crippen LogP contribution in [-0.4, -0.2) is 49.6 Å². The van der Waals surface area contributed by atoms with Gasteiger partial charge < -0.3 is 10.2 Å². The van der Waals surface area contributed by atoms with Gasteiger partial charge in [-0.1, -0.05) is 0 Å². The SMILES string of the molecule is CN(C)CCCCNC1CCCSC1. The number of hydrogen-bond acceptors (Lipinski definition) is 3. The first-order valence-electron chi connectivity index (χ1n) is 5.75. The summed E-state index contributed by atoms with van der Waals surface area (Å²) in [6.07, 6.45) is 5.43. The molecule has 0 aliphatic carbocycles. The number of nitrogens with one attached hydrogen (secondary N) is 1. The normalized spacial score (nSPS) is 22.9. The third-order valence-electron chi connectivity index (χ3n) is 2.63. The molecular formula is C11H24N2S. The Morgan fingerprint density at radius 2 is 2.21 bits per heavy atom. The molecule has 0 aromatic heterocycles. The smallest absolute Gasteiger partial charge is 0.0158 e. The van der Waals surface area contributed by atoms with Crippen LogP contribution in [0.25, 0.3) is 0 Å². The molecule has 84 valence electrons. The predicted octanol–water partition coefficient (Wildman–Crippen LogP) is 1.81. The Hall–Kier alpha value is 0.270. The Kier molecular flexibility index (Phi) is 6.65. The highest BCUT2D eigenvalue weighted by Crippen LogP contribution is 2.16. The van der Waals surface area contributed by atoms with E-state index in [-0.39, 0.29) is 0 Å². The van der Waals surface area contributed by atoms with Crippen LogP contribution in [0.3, 0.4) is 0 Å². The third-order valence-corrected chi connectivity index (χ3v) is 3.84. The molecule has 2 nitrogen and oxygen atoms in total. The van der Waals surface area contributed by atoms with Gasteiger partial charge in [-0.25, -0.2) is 0 Å². The number of rotatable bonds is 6. The second kappa shape index (κ2) is 7.55. The zero-order chi connectivity index (χ0) is 10.2. The maximum atomic E-state index is 3.66. The molecule has 14 heavy (non-hydrogen) atoms. The van der Waals surface area contributed by atoms with Crippen LogP contribution in [0.4, 0.5) is 0 Å². The van der Waals surface area contributed by atoms with E-state index >= 15 is 0 Å². The summed E-state index contributed by atoms with van der Waals surface area (Å²) >= 11 is 2.10. The van der Waals surface area contributed by atoms with Gasteiger partial charge in [-0.05, 0) is 58.6 Å². The van der Waals surface area contributed by atoms with Crippen molar-refractivity contribution in [2.24, 2.45) is 0 Å². The van der Waals surface area contributed by atoms with E-state index < -0.39 is 0 Å². The molecule has 1 aliphatic rings. The minimum Gasteiger partial charge on any atom is -0.313 e. The van der Waals surface area contributed by atoms with Crippen LogP contribution in [-0.2, 0) is 0 Å². The number of unbranched alkanes of at least 4 members (excludes halogenated alkanes) is 1. The van der Waals surface area contributed by atoms with Crippen molar-refractivity contribution in [3.63, 3.8) is 0 Å². The lowest BCUT2D eigenvalue weighted by atomic mass is 10.2. The molecule has 1 aliphatic heterocycles. The molecule has 1 fully saturated rings. The van der Waals surface area contributed by atoms with E-state index in [4.69, 9.17) is 0 Å². The van der Waals surface area contributed by atoms with E-state index in [1.165, 1.54) is 50.3 Å². The first-order valence-corrected chi connectivity index (χ1v) is 6.90. The second-order valence-corrected chi connectivity index (χ2v) is 5.53. The van der Waals surface area contributed by atoms with Gasteiger partial charge >= 0.3 is 0 Å². The maximum Gasteiger partial charge on any atom is 0.0158 e. The zero-order valence-corrected chi connectivity index (χ0v) is 10.4. The van der Waals surface area contributed by atoms with Gasteiger partial charge in [0.05, 0.1) is 0 Å². The van der Waals surface area contributed by atoms with Crippen molar-refractivity contribution in [3.8, 4) is 0 Å². The number of hydrogen-bond donors (Lipinski definition) is 1. The van der Waals surface area contributed by atoms with Crippen LogP contribution < -0.4 is 5.32 Å². The van der Waals surface area contributed by atoms with Crippen molar-refractivity contribution in [3.05, 3.63) is 0 Å². The third kappa shape index (κ3) is 5.89. The fraction of sp³-hybridized carbons (Fsp3) is 1.00. The topological polar surface area (TPSA) is 15.3 Å². The lowest BCUT2D eigenvalue weighted by Crippen LogP contribution is -2.34. The summed E-state index contributed by atoms with van der Waals surface area (Å²) in [6.45, 7) is 2.43. The molecule has 3 heteroatoms. The Morgan fingerprint density at radius 1 is 1.36 bits per heavy atom. The van der Waals surface area contributed by atoms with Gasteiger partial charge in [-0.2, -0.15) is 11.8 Å². The summed E-state index contributed by atoms with van der Waals surface area (Å²) in [4.78, 5) is 2.26. The maximum absolute atomic E-state index is 3.66. The highest BCUT2D eigenvalue weighted by molar-refractivity contribution is 7.99. The number of thioether (sulfide) groups is 1. The summed E-state index contributed by atoms with van der Waals surface area (Å²) < 4.78 is 0. The van der Waals surface area contributed by atoms with E-state index in [2.05, 4.69) is 36.1 Å². The minimum absolute atomic E-state index is 0.799. The molecule has 0 bridgehead atoms. The molecule has 0 amide bonds. The van der Waals surface area contributed by atoms with Gasteiger partial charge in [0, 0.05) is 11.8 Å². The van der Waals surface area contributed by atoms with Crippen LogP contribution in [0, 0.1) is 0 Å². The Morgan fingerprint density at radius 3 is 2.86 bits per heavy atom. The minimum atomic E-state index is 0.799. The summed E-state index contributed by atoms with van der Waals surface area (Å²) in [5.41, 5.74) is 0. The predicted molar refractivity (Wildman–Crippen MR) is 66.1 cm³/mol. The van der Waals surface area contributed by atoms with Crippen LogP contribution in [0.2, 0.25) is 0 Å². The fourth-order valence-electron chi connectivity index (χ4n) is 1.76. The second-order valence-electron chi connectivity index (χ2n) is 4.38. The van der Waals surface area contributed by atoms with E-state index in [0.717, 1.165) is 6.04 Å². The van der Waals surface area contributed by atoms with Crippen LogP contribution >= 0.6 is 11.8 Å². The van der Waals surface area contributed by atoms with Gasteiger partial charge in [0.25, 0.3) is 0 Å². The van der Waals surface area contributed by atoms with Gasteiger partial charge in [0.2, 0.25) is 0 Å². The largest absolute Gasteiger partial charge is 0.313 e. The van der Waals surface area contributed by atoms with Crippen molar-refractivity contribution in [1.29, 1.82) is 0 Å². The first-order chi connectivity index (χ1) is 6.79. The molecule has 0 radical (unpaired) electrons. The van der Waals surface area contributed by atoms with Crippen LogP contribution in [0.5, 0.6) is 0 Å².